The Hall–Kier alpha value is -3.33. The average molecular weight is 500 g/mol. The number of piperidine rings is 1. The fraction of sp³-hybridized carbons (Fsp3) is 0.481. The summed E-state index contributed by atoms with van der Waals surface area (Å²) in [5, 5.41) is 2.84. The van der Waals surface area contributed by atoms with Crippen LogP contribution in [0.1, 0.15) is 34.3 Å². The number of likely N-dealkylation sites (tertiary alicyclic amines) is 1. The van der Waals surface area contributed by atoms with E-state index < -0.39 is 5.82 Å². The average Bonchev–Trinajstić information content (AvgIpc) is 2.91. The number of fused-ring (bicyclic) bond motifs is 1. The van der Waals surface area contributed by atoms with Crippen molar-refractivity contribution in [2.75, 3.05) is 54.1 Å². The number of nitrogens with zero attached hydrogens (tertiary/aromatic N) is 2. The van der Waals surface area contributed by atoms with Crippen molar-refractivity contribution in [3.05, 3.63) is 52.8 Å². The molecule has 0 saturated carbocycles. The summed E-state index contributed by atoms with van der Waals surface area (Å²) in [4.78, 5) is 29.9. The van der Waals surface area contributed by atoms with Gasteiger partial charge in [0.1, 0.15) is 0 Å². The summed E-state index contributed by atoms with van der Waals surface area (Å²) in [6, 6.07) is 8.13. The molecule has 0 aromatic heterocycles. The first-order chi connectivity index (χ1) is 17.4. The van der Waals surface area contributed by atoms with Crippen LogP contribution < -0.4 is 19.5 Å². The van der Waals surface area contributed by atoms with Crippen LogP contribution in [0.2, 0.25) is 0 Å². The second-order valence-corrected chi connectivity index (χ2v) is 9.23. The Morgan fingerprint density at radius 1 is 1.00 bits per heavy atom. The first-order valence-electron chi connectivity index (χ1n) is 12.3. The van der Waals surface area contributed by atoms with Crippen LogP contribution in [0.5, 0.6) is 17.2 Å². The number of hydrogen-bond acceptors (Lipinski definition) is 6. The predicted octanol–water partition coefficient (Wildman–Crippen LogP) is 2.88. The molecule has 1 atom stereocenters. The Morgan fingerprint density at radius 3 is 2.42 bits per heavy atom. The number of carbonyl (C=O) groups excluding carboxylic acids is 2. The Morgan fingerprint density at radius 2 is 1.72 bits per heavy atom. The molecule has 1 fully saturated rings. The van der Waals surface area contributed by atoms with Crippen LogP contribution in [0.15, 0.2) is 30.3 Å². The molecule has 0 bridgehead atoms. The largest absolute Gasteiger partial charge is 0.494 e. The van der Waals surface area contributed by atoms with Gasteiger partial charge in [-0.1, -0.05) is 0 Å². The van der Waals surface area contributed by atoms with Crippen molar-refractivity contribution in [3.8, 4) is 17.2 Å². The SMILES string of the molecule is COc1ccc(C(=O)NCCN2CCCC(C(=O)N3CCc4cc(OC)c(OC)cc4C3)C2)cc1F. The lowest BCUT2D eigenvalue weighted by Crippen LogP contribution is -2.47. The van der Waals surface area contributed by atoms with Gasteiger partial charge in [-0.25, -0.2) is 4.39 Å². The van der Waals surface area contributed by atoms with E-state index in [0.29, 0.717) is 44.2 Å². The fourth-order valence-electron chi connectivity index (χ4n) is 5.03. The topological polar surface area (TPSA) is 80.3 Å². The van der Waals surface area contributed by atoms with Gasteiger partial charge in [0, 0.05) is 38.3 Å². The summed E-state index contributed by atoms with van der Waals surface area (Å²) < 4.78 is 29.6. The highest BCUT2D eigenvalue weighted by molar-refractivity contribution is 5.94. The summed E-state index contributed by atoms with van der Waals surface area (Å²) in [5.74, 6) is 0.703. The Balaban J connectivity index is 1.29. The summed E-state index contributed by atoms with van der Waals surface area (Å²) in [7, 11) is 4.62. The van der Waals surface area contributed by atoms with Crippen molar-refractivity contribution in [1.82, 2.24) is 15.1 Å². The van der Waals surface area contributed by atoms with E-state index in [1.807, 2.05) is 17.0 Å². The molecule has 1 N–H and O–H groups in total. The van der Waals surface area contributed by atoms with Gasteiger partial charge < -0.3 is 29.3 Å². The van der Waals surface area contributed by atoms with Crippen molar-refractivity contribution in [1.29, 1.82) is 0 Å². The van der Waals surface area contributed by atoms with Crippen LogP contribution in [-0.4, -0.2) is 75.7 Å². The van der Waals surface area contributed by atoms with Crippen LogP contribution in [-0.2, 0) is 17.8 Å². The number of nitrogens with one attached hydrogen (secondary N) is 1. The molecule has 4 rings (SSSR count). The number of rotatable bonds is 8. The highest BCUT2D eigenvalue weighted by Gasteiger charge is 2.31. The Kier molecular flexibility index (Phi) is 8.30. The van der Waals surface area contributed by atoms with E-state index in [9.17, 15) is 14.0 Å². The number of hydrogen-bond donors (Lipinski definition) is 1. The minimum atomic E-state index is -0.569. The van der Waals surface area contributed by atoms with Crippen molar-refractivity contribution in [3.63, 3.8) is 0 Å². The van der Waals surface area contributed by atoms with Crippen molar-refractivity contribution in [2.45, 2.75) is 25.8 Å². The first kappa shape index (κ1) is 25.8. The van der Waals surface area contributed by atoms with E-state index in [-0.39, 0.29) is 29.0 Å². The molecule has 2 amide bonds. The summed E-state index contributed by atoms with van der Waals surface area (Å²) in [6.07, 6.45) is 2.58. The van der Waals surface area contributed by atoms with Gasteiger partial charge >= 0.3 is 0 Å². The molecule has 2 aromatic rings. The van der Waals surface area contributed by atoms with Crippen LogP contribution >= 0.6 is 0 Å². The number of benzene rings is 2. The molecule has 0 aliphatic carbocycles. The van der Waals surface area contributed by atoms with Crippen LogP contribution in [0.3, 0.4) is 0 Å². The first-order valence-corrected chi connectivity index (χ1v) is 12.3. The summed E-state index contributed by atoms with van der Waals surface area (Å²) in [5.41, 5.74) is 2.53. The summed E-state index contributed by atoms with van der Waals surface area (Å²) >= 11 is 0. The number of methoxy groups -OCH3 is 3. The predicted molar refractivity (Wildman–Crippen MR) is 133 cm³/mol. The third-order valence-electron chi connectivity index (χ3n) is 7.01. The van der Waals surface area contributed by atoms with E-state index in [1.165, 1.54) is 30.9 Å². The second kappa shape index (κ2) is 11.6. The zero-order valence-electron chi connectivity index (χ0n) is 21.1. The third kappa shape index (κ3) is 5.73. The number of halogens is 1. The normalized spacial score (nSPS) is 17.8. The number of carbonyl (C=O) groups is 2. The maximum atomic E-state index is 13.9. The molecule has 0 radical (unpaired) electrons. The van der Waals surface area contributed by atoms with E-state index in [0.717, 1.165) is 31.4 Å². The smallest absolute Gasteiger partial charge is 0.251 e. The second-order valence-electron chi connectivity index (χ2n) is 9.23. The van der Waals surface area contributed by atoms with E-state index in [1.54, 1.807) is 14.2 Å². The molecular formula is C27H34FN3O5. The lowest BCUT2D eigenvalue weighted by atomic mass is 9.93. The van der Waals surface area contributed by atoms with E-state index in [4.69, 9.17) is 14.2 Å². The molecular weight excluding hydrogens is 465 g/mol. The van der Waals surface area contributed by atoms with Gasteiger partial charge in [0.15, 0.2) is 23.1 Å². The molecule has 9 heteroatoms. The molecule has 8 nitrogen and oxygen atoms in total. The molecule has 0 spiro atoms. The summed E-state index contributed by atoms with van der Waals surface area (Å²) in [6.45, 7) is 3.86. The molecule has 2 aromatic carbocycles. The van der Waals surface area contributed by atoms with Crippen molar-refractivity contribution >= 4 is 11.8 Å². The van der Waals surface area contributed by atoms with E-state index in [2.05, 4.69) is 10.2 Å². The molecule has 1 saturated heterocycles. The number of amides is 2. The Bertz CT molecular complexity index is 1110. The van der Waals surface area contributed by atoms with E-state index >= 15 is 0 Å². The minimum absolute atomic E-state index is 0.0631. The fourth-order valence-corrected chi connectivity index (χ4v) is 5.03. The van der Waals surface area contributed by atoms with Gasteiger partial charge in [-0.05, 0) is 67.3 Å². The maximum Gasteiger partial charge on any atom is 0.251 e. The zero-order chi connectivity index (χ0) is 25.7. The monoisotopic (exact) mass is 499 g/mol. The molecule has 36 heavy (non-hydrogen) atoms. The number of ether oxygens (including phenoxy) is 3. The maximum absolute atomic E-state index is 13.9. The minimum Gasteiger partial charge on any atom is -0.494 e. The molecule has 1 unspecified atom stereocenters. The lowest BCUT2D eigenvalue weighted by Gasteiger charge is -2.37. The van der Waals surface area contributed by atoms with Gasteiger partial charge in [-0.15, -0.1) is 0 Å². The Labute approximate surface area is 211 Å². The standard InChI is InChI=1S/C27H34FN3O5/c1-34-23-7-6-19(13-22(23)28)26(32)29-9-12-30-10-4-5-20(16-30)27(33)31-11-8-18-14-24(35-2)25(36-3)15-21(18)17-31/h6-7,13-15,20H,4-5,8-12,16-17H2,1-3H3,(H,29,32). The quantitative estimate of drug-likeness (QED) is 0.602. The highest BCUT2D eigenvalue weighted by Crippen LogP contribution is 2.34. The van der Waals surface area contributed by atoms with Gasteiger partial charge in [0.05, 0.1) is 27.2 Å². The van der Waals surface area contributed by atoms with Gasteiger partial charge in [0.2, 0.25) is 5.91 Å². The van der Waals surface area contributed by atoms with Crippen LogP contribution in [0.25, 0.3) is 0 Å². The van der Waals surface area contributed by atoms with Gasteiger partial charge in [-0.2, -0.15) is 0 Å². The van der Waals surface area contributed by atoms with Gasteiger partial charge in [-0.3, -0.25) is 9.59 Å². The molecule has 194 valence electrons. The van der Waals surface area contributed by atoms with Crippen molar-refractivity contribution < 1.29 is 28.2 Å². The highest BCUT2D eigenvalue weighted by atomic mass is 19.1. The lowest BCUT2D eigenvalue weighted by molar-refractivity contribution is -0.138. The van der Waals surface area contributed by atoms with Crippen LogP contribution in [0.4, 0.5) is 4.39 Å². The van der Waals surface area contributed by atoms with Gasteiger partial charge in [0.25, 0.3) is 5.91 Å². The molecule has 2 aliphatic rings. The third-order valence-corrected chi connectivity index (χ3v) is 7.01. The zero-order valence-corrected chi connectivity index (χ0v) is 21.1. The van der Waals surface area contributed by atoms with Crippen LogP contribution in [0, 0.1) is 11.7 Å². The molecule has 2 heterocycles. The molecule has 2 aliphatic heterocycles. The van der Waals surface area contributed by atoms with Crippen molar-refractivity contribution in [2.24, 2.45) is 5.92 Å².